The van der Waals surface area contributed by atoms with Crippen LogP contribution in [0.2, 0.25) is 22.2 Å². The standard InChI is InChI=1S/C14H28Si/c1-9-11-15(12-10-2,13(3,4)5)14(6,7)8/h9-10H,1-2,11-12H2,3-8H3. The van der Waals surface area contributed by atoms with Crippen molar-refractivity contribution in [2.75, 3.05) is 0 Å². The summed E-state index contributed by atoms with van der Waals surface area (Å²) in [6.45, 7) is 22.2. The van der Waals surface area contributed by atoms with Gasteiger partial charge in [0.25, 0.3) is 0 Å². The van der Waals surface area contributed by atoms with Crippen LogP contribution in [0.15, 0.2) is 25.3 Å². The van der Waals surface area contributed by atoms with Gasteiger partial charge in [0.05, 0.1) is 8.07 Å². The molecule has 1 heteroatoms. The van der Waals surface area contributed by atoms with Gasteiger partial charge in [0, 0.05) is 0 Å². The molecule has 0 saturated carbocycles. The first kappa shape index (κ1) is 14.7. The molecule has 0 aromatic rings. The minimum atomic E-state index is -1.43. The fraction of sp³-hybridized carbons (Fsp3) is 0.714. The number of rotatable bonds is 4. The van der Waals surface area contributed by atoms with E-state index in [-0.39, 0.29) is 0 Å². The Balaban J connectivity index is 5.46. The molecule has 0 aliphatic heterocycles. The summed E-state index contributed by atoms with van der Waals surface area (Å²) in [5.74, 6) is 0. The molecule has 0 radical (unpaired) electrons. The Morgan fingerprint density at radius 3 is 1.20 bits per heavy atom. The van der Waals surface area contributed by atoms with Gasteiger partial charge < -0.3 is 0 Å². The number of hydrogen-bond acceptors (Lipinski definition) is 0. The lowest BCUT2D eigenvalue weighted by molar-refractivity contribution is 0.609. The van der Waals surface area contributed by atoms with E-state index in [1.165, 1.54) is 12.1 Å². The quantitative estimate of drug-likeness (QED) is 0.442. The maximum atomic E-state index is 3.96. The first-order valence-corrected chi connectivity index (χ1v) is 8.25. The van der Waals surface area contributed by atoms with E-state index in [2.05, 4.69) is 66.9 Å². The largest absolute Gasteiger partial charge is 0.103 e. The Morgan fingerprint density at radius 2 is 1.07 bits per heavy atom. The van der Waals surface area contributed by atoms with Gasteiger partial charge in [-0.05, 0) is 22.2 Å². The van der Waals surface area contributed by atoms with E-state index in [0.717, 1.165) is 0 Å². The molecule has 15 heavy (non-hydrogen) atoms. The van der Waals surface area contributed by atoms with Crippen LogP contribution in [0.3, 0.4) is 0 Å². The minimum absolute atomic E-state index is 0.396. The molecule has 0 aromatic heterocycles. The summed E-state index contributed by atoms with van der Waals surface area (Å²) >= 11 is 0. The van der Waals surface area contributed by atoms with Crippen LogP contribution < -0.4 is 0 Å². The van der Waals surface area contributed by atoms with Crippen molar-refractivity contribution in [3.8, 4) is 0 Å². The fourth-order valence-electron chi connectivity index (χ4n) is 2.93. The average Bonchev–Trinajstić information content (AvgIpc) is 1.99. The monoisotopic (exact) mass is 224 g/mol. The Morgan fingerprint density at radius 1 is 0.800 bits per heavy atom. The predicted octanol–water partition coefficient (Wildman–Crippen LogP) is 5.41. The van der Waals surface area contributed by atoms with Gasteiger partial charge >= 0.3 is 0 Å². The highest BCUT2D eigenvalue weighted by atomic mass is 28.3. The van der Waals surface area contributed by atoms with Gasteiger partial charge in [-0.15, -0.1) is 13.2 Å². The highest BCUT2D eigenvalue weighted by Gasteiger charge is 2.50. The van der Waals surface area contributed by atoms with Crippen molar-refractivity contribution in [1.29, 1.82) is 0 Å². The summed E-state index contributed by atoms with van der Waals surface area (Å²) in [5.41, 5.74) is 0. The molecule has 0 heterocycles. The minimum Gasteiger partial charge on any atom is -0.103 e. The second-order valence-electron chi connectivity index (χ2n) is 6.57. The van der Waals surface area contributed by atoms with Crippen LogP contribution in [0.1, 0.15) is 41.5 Å². The molecule has 0 nitrogen and oxygen atoms in total. The molecule has 0 unspecified atom stereocenters. The van der Waals surface area contributed by atoms with Crippen molar-refractivity contribution < 1.29 is 0 Å². The smallest absolute Gasteiger partial charge is 0.0718 e. The molecule has 0 aromatic carbocycles. The molecule has 0 atom stereocenters. The van der Waals surface area contributed by atoms with Crippen LogP contribution in [-0.4, -0.2) is 8.07 Å². The van der Waals surface area contributed by atoms with Crippen molar-refractivity contribution in [1.82, 2.24) is 0 Å². The van der Waals surface area contributed by atoms with Crippen LogP contribution in [-0.2, 0) is 0 Å². The van der Waals surface area contributed by atoms with Crippen molar-refractivity contribution in [3.63, 3.8) is 0 Å². The molecule has 0 aliphatic carbocycles. The van der Waals surface area contributed by atoms with Gasteiger partial charge in [-0.1, -0.05) is 53.7 Å². The summed E-state index contributed by atoms with van der Waals surface area (Å²) in [5, 5.41) is 0.793. The molecular weight excluding hydrogens is 196 g/mol. The Labute approximate surface area is 97.5 Å². The van der Waals surface area contributed by atoms with Crippen LogP contribution in [0, 0.1) is 0 Å². The van der Waals surface area contributed by atoms with Gasteiger partial charge in [0.15, 0.2) is 0 Å². The van der Waals surface area contributed by atoms with Crippen LogP contribution in [0.4, 0.5) is 0 Å². The third-order valence-electron chi connectivity index (χ3n) is 3.86. The van der Waals surface area contributed by atoms with E-state index >= 15 is 0 Å². The van der Waals surface area contributed by atoms with Crippen LogP contribution >= 0.6 is 0 Å². The first-order valence-electron chi connectivity index (χ1n) is 5.84. The first-order chi connectivity index (χ1) is 6.62. The average molecular weight is 224 g/mol. The third kappa shape index (κ3) is 2.84. The van der Waals surface area contributed by atoms with Crippen molar-refractivity contribution >= 4 is 8.07 Å². The topological polar surface area (TPSA) is 0 Å². The number of allylic oxidation sites excluding steroid dienone is 2. The number of hydrogen-bond donors (Lipinski definition) is 0. The van der Waals surface area contributed by atoms with E-state index < -0.39 is 8.07 Å². The maximum Gasteiger partial charge on any atom is 0.0718 e. The second-order valence-corrected chi connectivity index (χ2v) is 12.5. The predicted molar refractivity (Wildman–Crippen MR) is 75.2 cm³/mol. The summed E-state index contributed by atoms with van der Waals surface area (Å²) in [6.07, 6.45) is 4.23. The van der Waals surface area contributed by atoms with Crippen molar-refractivity contribution in [3.05, 3.63) is 25.3 Å². The lowest BCUT2D eigenvalue weighted by Crippen LogP contribution is -2.50. The van der Waals surface area contributed by atoms with Crippen LogP contribution in [0.25, 0.3) is 0 Å². The van der Waals surface area contributed by atoms with Gasteiger partial charge in [-0.2, -0.15) is 0 Å². The zero-order chi connectivity index (χ0) is 12.3. The Hall–Kier alpha value is -0.303. The van der Waals surface area contributed by atoms with E-state index in [4.69, 9.17) is 0 Å². The van der Waals surface area contributed by atoms with E-state index in [1.807, 2.05) is 0 Å². The van der Waals surface area contributed by atoms with Gasteiger partial charge in [-0.3, -0.25) is 0 Å². The molecule has 0 saturated heterocycles. The van der Waals surface area contributed by atoms with Gasteiger partial charge in [-0.25, -0.2) is 0 Å². The molecule has 0 rings (SSSR count). The van der Waals surface area contributed by atoms with Gasteiger partial charge in [0.2, 0.25) is 0 Å². The molecule has 0 amide bonds. The molecule has 0 N–H and O–H groups in total. The zero-order valence-corrected chi connectivity index (χ0v) is 12.5. The van der Waals surface area contributed by atoms with Crippen LogP contribution in [0.5, 0.6) is 0 Å². The SMILES string of the molecule is C=CC[Si](CC=C)(C(C)(C)C)C(C)(C)C. The zero-order valence-electron chi connectivity index (χ0n) is 11.5. The van der Waals surface area contributed by atoms with Crippen molar-refractivity contribution in [2.24, 2.45) is 0 Å². The molecule has 0 fully saturated rings. The fourth-order valence-corrected chi connectivity index (χ4v) is 8.78. The molecule has 0 bridgehead atoms. The molecule has 88 valence electrons. The maximum absolute atomic E-state index is 3.96. The molecular formula is C14H28Si. The lowest BCUT2D eigenvalue weighted by Gasteiger charge is -2.51. The highest BCUT2D eigenvalue weighted by molar-refractivity contribution is 6.85. The highest BCUT2D eigenvalue weighted by Crippen LogP contribution is 2.55. The van der Waals surface area contributed by atoms with E-state index in [0.29, 0.717) is 10.1 Å². The lowest BCUT2D eigenvalue weighted by atomic mass is 10.2. The summed E-state index contributed by atoms with van der Waals surface area (Å²) in [4.78, 5) is 0. The third-order valence-corrected chi connectivity index (χ3v) is 11.6. The molecule has 0 aliphatic rings. The Kier molecular flexibility index (Phi) is 4.60. The summed E-state index contributed by atoms with van der Waals surface area (Å²) < 4.78 is 0. The Bertz CT molecular complexity index is 199. The second kappa shape index (κ2) is 4.69. The molecule has 0 spiro atoms. The van der Waals surface area contributed by atoms with E-state index in [9.17, 15) is 0 Å². The van der Waals surface area contributed by atoms with E-state index in [1.54, 1.807) is 0 Å². The normalized spacial score (nSPS) is 13.7. The summed E-state index contributed by atoms with van der Waals surface area (Å²) in [7, 11) is -1.43. The summed E-state index contributed by atoms with van der Waals surface area (Å²) in [6, 6.07) is 2.37. The van der Waals surface area contributed by atoms with Gasteiger partial charge in [0.1, 0.15) is 0 Å². The van der Waals surface area contributed by atoms with Crippen molar-refractivity contribution in [2.45, 2.75) is 63.7 Å².